The molecular weight excluding hydrogens is 486 g/mol. The van der Waals surface area contributed by atoms with Crippen LogP contribution in [-0.4, -0.2) is 42.9 Å². The Morgan fingerprint density at radius 1 is 0.811 bits per heavy atom. The van der Waals surface area contributed by atoms with E-state index >= 15 is 0 Å². The van der Waals surface area contributed by atoms with Gasteiger partial charge in [-0.05, 0) is 66.7 Å². The first-order valence-corrected chi connectivity index (χ1v) is 12.5. The van der Waals surface area contributed by atoms with Crippen molar-refractivity contribution in [3.63, 3.8) is 0 Å². The molecule has 1 fully saturated rings. The highest BCUT2D eigenvalue weighted by atomic mass is 35.5. The molecule has 0 unspecified atom stereocenters. The summed E-state index contributed by atoms with van der Waals surface area (Å²) in [5.74, 6) is 1.15. The summed E-state index contributed by atoms with van der Waals surface area (Å²) >= 11 is 5.93. The summed E-state index contributed by atoms with van der Waals surface area (Å²) in [6.45, 7) is 2.76. The Labute approximate surface area is 220 Å². The minimum atomic E-state index is -0.236. The molecule has 0 bridgehead atoms. The Morgan fingerprint density at radius 2 is 1.51 bits per heavy atom. The Morgan fingerprint density at radius 3 is 2.22 bits per heavy atom. The molecule has 1 aliphatic heterocycles. The van der Waals surface area contributed by atoms with Gasteiger partial charge in [0.25, 0.3) is 5.91 Å². The van der Waals surface area contributed by atoms with E-state index in [4.69, 9.17) is 16.0 Å². The van der Waals surface area contributed by atoms with Crippen molar-refractivity contribution in [2.45, 2.75) is 0 Å². The summed E-state index contributed by atoms with van der Waals surface area (Å²) in [5, 5.41) is 3.49. The minimum Gasteiger partial charge on any atom is -0.457 e. The lowest BCUT2D eigenvalue weighted by atomic mass is 10.1. The van der Waals surface area contributed by atoms with Crippen LogP contribution in [0.15, 0.2) is 101 Å². The number of hydrogen-bond donors (Lipinski definition) is 1. The minimum absolute atomic E-state index is 0.0215. The van der Waals surface area contributed by atoms with Crippen LogP contribution < -0.4 is 10.2 Å². The van der Waals surface area contributed by atoms with Crippen LogP contribution in [-0.2, 0) is 4.79 Å². The first kappa shape index (κ1) is 24.4. The molecule has 1 saturated heterocycles. The van der Waals surface area contributed by atoms with Gasteiger partial charge in [0.05, 0.1) is 0 Å². The quantitative estimate of drug-likeness (QED) is 0.312. The summed E-state index contributed by atoms with van der Waals surface area (Å²) in [4.78, 5) is 29.2. The standard InChI is InChI=1S/C30H26ClN3O3/c31-24-8-6-23(7-9-24)30(36)34-20-18-33(19-21-34)26-12-10-25(11-13-26)32-29(35)17-15-27-14-16-28(37-27)22-4-2-1-3-5-22/h1-17H,18-21H2,(H,32,35)/b17-15+. The second kappa shape index (κ2) is 11.2. The summed E-state index contributed by atoms with van der Waals surface area (Å²) in [5.41, 5.74) is 3.40. The average Bonchev–Trinajstić information content (AvgIpc) is 3.42. The van der Waals surface area contributed by atoms with Crippen LogP contribution in [0.1, 0.15) is 16.1 Å². The van der Waals surface area contributed by atoms with Gasteiger partial charge in [-0.2, -0.15) is 0 Å². The second-order valence-corrected chi connectivity index (χ2v) is 9.16. The Bertz CT molecular complexity index is 1390. The van der Waals surface area contributed by atoms with Crippen LogP contribution in [0.25, 0.3) is 17.4 Å². The van der Waals surface area contributed by atoms with Crippen LogP contribution in [0.2, 0.25) is 5.02 Å². The van der Waals surface area contributed by atoms with Crippen LogP contribution in [0.4, 0.5) is 11.4 Å². The largest absolute Gasteiger partial charge is 0.457 e. The van der Waals surface area contributed by atoms with Gasteiger partial charge in [-0.15, -0.1) is 0 Å². The molecule has 186 valence electrons. The number of halogens is 1. The lowest BCUT2D eigenvalue weighted by Crippen LogP contribution is -2.48. The Hall–Kier alpha value is -4.29. The number of furan rings is 1. The number of carbonyl (C=O) groups excluding carboxylic acids is 2. The number of piperazine rings is 1. The first-order chi connectivity index (χ1) is 18.0. The van der Waals surface area contributed by atoms with E-state index in [1.807, 2.05) is 71.6 Å². The third kappa shape index (κ3) is 6.11. The molecule has 3 aromatic carbocycles. The number of anilines is 2. The fraction of sp³-hybridized carbons (Fsp3) is 0.133. The molecule has 6 nitrogen and oxygen atoms in total. The molecule has 2 amide bonds. The summed E-state index contributed by atoms with van der Waals surface area (Å²) in [6.07, 6.45) is 3.11. The van der Waals surface area contributed by atoms with Crippen LogP contribution in [0.5, 0.6) is 0 Å². The maximum absolute atomic E-state index is 12.7. The van der Waals surface area contributed by atoms with E-state index in [-0.39, 0.29) is 11.8 Å². The van der Waals surface area contributed by atoms with Gasteiger partial charge in [0.15, 0.2) is 0 Å². The number of hydrogen-bond acceptors (Lipinski definition) is 4. The molecule has 7 heteroatoms. The van der Waals surface area contributed by atoms with Gasteiger partial charge in [-0.25, -0.2) is 0 Å². The lowest BCUT2D eigenvalue weighted by molar-refractivity contribution is -0.111. The predicted molar refractivity (Wildman–Crippen MR) is 148 cm³/mol. The third-order valence-corrected chi connectivity index (χ3v) is 6.49. The van der Waals surface area contributed by atoms with Crippen molar-refractivity contribution < 1.29 is 14.0 Å². The molecule has 5 rings (SSSR count). The molecule has 0 spiro atoms. The van der Waals surface area contributed by atoms with Crippen LogP contribution in [0, 0.1) is 0 Å². The zero-order chi connectivity index (χ0) is 25.6. The van der Waals surface area contributed by atoms with Gasteiger partial charge < -0.3 is 19.5 Å². The highest BCUT2D eigenvalue weighted by molar-refractivity contribution is 6.30. The van der Waals surface area contributed by atoms with Gasteiger partial charge in [-0.1, -0.05) is 41.9 Å². The van der Waals surface area contributed by atoms with Gasteiger partial charge in [0.2, 0.25) is 5.91 Å². The van der Waals surface area contributed by atoms with Crippen molar-refractivity contribution in [1.29, 1.82) is 0 Å². The lowest BCUT2D eigenvalue weighted by Gasteiger charge is -2.36. The molecule has 0 atom stereocenters. The predicted octanol–water partition coefficient (Wildman–Crippen LogP) is 6.21. The maximum atomic E-state index is 12.7. The fourth-order valence-electron chi connectivity index (χ4n) is 4.24. The molecule has 37 heavy (non-hydrogen) atoms. The van der Waals surface area contributed by atoms with Gasteiger partial charge >= 0.3 is 0 Å². The van der Waals surface area contributed by atoms with E-state index < -0.39 is 0 Å². The Balaban J connectivity index is 1.12. The summed E-state index contributed by atoms with van der Waals surface area (Å²) in [6, 6.07) is 28.3. The van der Waals surface area contributed by atoms with Crippen molar-refractivity contribution in [3.05, 3.63) is 113 Å². The smallest absolute Gasteiger partial charge is 0.253 e. The molecule has 1 N–H and O–H groups in total. The molecular formula is C30H26ClN3O3. The molecule has 1 aromatic heterocycles. The van der Waals surface area contributed by atoms with E-state index in [2.05, 4.69) is 10.2 Å². The maximum Gasteiger partial charge on any atom is 0.253 e. The summed E-state index contributed by atoms with van der Waals surface area (Å²) in [7, 11) is 0. The van der Waals surface area contributed by atoms with E-state index in [1.54, 1.807) is 30.3 Å². The van der Waals surface area contributed by atoms with E-state index in [0.29, 0.717) is 35.1 Å². The van der Waals surface area contributed by atoms with Crippen molar-refractivity contribution in [1.82, 2.24) is 4.90 Å². The van der Waals surface area contributed by atoms with Crippen molar-refractivity contribution in [3.8, 4) is 11.3 Å². The monoisotopic (exact) mass is 511 g/mol. The highest BCUT2D eigenvalue weighted by Gasteiger charge is 2.22. The number of nitrogens with zero attached hydrogens (tertiary/aromatic N) is 2. The topological polar surface area (TPSA) is 65.8 Å². The highest BCUT2D eigenvalue weighted by Crippen LogP contribution is 2.23. The molecule has 2 heterocycles. The number of nitrogens with one attached hydrogen (secondary N) is 1. The van der Waals surface area contributed by atoms with Gasteiger partial charge in [0, 0.05) is 59.8 Å². The second-order valence-electron chi connectivity index (χ2n) is 8.72. The molecule has 0 aliphatic carbocycles. The van der Waals surface area contributed by atoms with Crippen LogP contribution >= 0.6 is 11.6 Å². The molecule has 0 saturated carbocycles. The zero-order valence-electron chi connectivity index (χ0n) is 20.1. The van der Waals surface area contributed by atoms with E-state index in [0.717, 1.165) is 30.1 Å². The van der Waals surface area contributed by atoms with E-state index in [1.165, 1.54) is 6.08 Å². The SMILES string of the molecule is O=C(/C=C/c1ccc(-c2ccccc2)o1)Nc1ccc(N2CCN(C(=O)c3ccc(Cl)cc3)CC2)cc1. The fourth-order valence-corrected chi connectivity index (χ4v) is 4.37. The number of benzene rings is 3. The number of rotatable bonds is 6. The van der Waals surface area contributed by atoms with Gasteiger partial charge in [0.1, 0.15) is 11.5 Å². The number of carbonyl (C=O) groups is 2. The zero-order valence-corrected chi connectivity index (χ0v) is 20.9. The normalized spacial score (nSPS) is 13.6. The number of amides is 2. The average molecular weight is 512 g/mol. The molecule has 1 aliphatic rings. The van der Waals surface area contributed by atoms with Crippen molar-refractivity contribution in [2.75, 3.05) is 36.4 Å². The van der Waals surface area contributed by atoms with E-state index in [9.17, 15) is 9.59 Å². The van der Waals surface area contributed by atoms with Crippen molar-refractivity contribution in [2.24, 2.45) is 0 Å². The van der Waals surface area contributed by atoms with Crippen LogP contribution in [0.3, 0.4) is 0 Å². The molecule has 0 radical (unpaired) electrons. The third-order valence-electron chi connectivity index (χ3n) is 6.24. The Kier molecular flexibility index (Phi) is 7.38. The van der Waals surface area contributed by atoms with Crippen molar-refractivity contribution >= 4 is 40.9 Å². The first-order valence-electron chi connectivity index (χ1n) is 12.1. The molecule has 4 aromatic rings. The van der Waals surface area contributed by atoms with Gasteiger partial charge in [-0.3, -0.25) is 9.59 Å². The summed E-state index contributed by atoms with van der Waals surface area (Å²) < 4.78 is 5.80.